The number of nitrogens with one attached hydrogen (secondary N) is 1. The van der Waals surface area contributed by atoms with E-state index in [9.17, 15) is 19.5 Å². The van der Waals surface area contributed by atoms with Gasteiger partial charge in [0.15, 0.2) is 5.78 Å². The number of aliphatic hydroxyl groups is 1. The Bertz CT molecular complexity index is 1200. The molecule has 3 aliphatic heterocycles. The third-order valence-electron chi connectivity index (χ3n) is 10.1. The quantitative estimate of drug-likeness (QED) is 0.355. The maximum atomic E-state index is 14.4. The highest BCUT2D eigenvalue weighted by atomic mass is 16.6. The Balaban J connectivity index is 1.53. The maximum Gasteiger partial charge on any atom is 0.303 e. The fourth-order valence-electron chi connectivity index (χ4n) is 8.09. The molecule has 2 aliphatic carbocycles. The number of rotatable bonds is 3. The van der Waals surface area contributed by atoms with Crippen molar-refractivity contribution in [3.63, 3.8) is 0 Å². The van der Waals surface area contributed by atoms with Crippen molar-refractivity contribution in [1.29, 1.82) is 0 Å². The number of carbonyl (C=O) groups is 3. The molecule has 1 saturated carbocycles. The molecule has 2 N–H and O–H groups in total. The van der Waals surface area contributed by atoms with Crippen molar-refractivity contribution in [3.05, 3.63) is 48.0 Å². The molecule has 12 atom stereocenters. The van der Waals surface area contributed by atoms with Gasteiger partial charge in [0.2, 0.25) is 5.91 Å². The van der Waals surface area contributed by atoms with Crippen LogP contribution in [0.1, 0.15) is 46.6 Å². The number of hydrogen-bond donors (Lipinski definition) is 2. The Labute approximate surface area is 223 Å². The van der Waals surface area contributed by atoms with Crippen LogP contribution < -0.4 is 5.32 Å². The van der Waals surface area contributed by atoms with E-state index in [0.29, 0.717) is 12.8 Å². The number of esters is 1. The summed E-state index contributed by atoms with van der Waals surface area (Å²) in [6.07, 6.45) is 2.22. The van der Waals surface area contributed by atoms with Crippen molar-refractivity contribution >= 4 is 17.7 Å². The van der Waals surface area contributed by atoms with E-state index in [1.165, 1.54) is 19.9 Å². The molecule has 0 radical (unpaired) electrons. The van der Waals surface area contributed by atoms with E-state index in [0.717, 1.165) is 5.56 Å². The van der Waals surface area contributed by atoms with E-state index >= 15 is 0 Å². The molecule has 0 aromatic heterocycles. The highest BCUT2D eigenvalue weighted by molar-refractivity contribution is 5.91. The molecule has 3 heterocycles. The summed E-state index contributed by atoms with van der Waals surface area (Å²) in [4.78, 5) is 40.1. The first-order chi connectivity index (χ1) is 17.9. The van der Waals surface area contributed by atoms with Crippen LogP contribution in [0.3, 0.4) is 0 Å². The number of epoxide rings is 2. The number of carbonyl (C=O) groups excluding carboxylic acids is 3. The van der Waals surface area contributed by atoms with E-state index in [4.69, 9.17) is 14.2 Å². The van der Waals surface area contributed by atoms with Crippen LogP contribution in [0.4, 0.5) is 0 Å². The number of hydrogen-bond acceptors (Lipinski definition) is 7. The third-order valence-corrected chi connectivity index (χ3v) is 10.1. The zero-order chi connectivity index (χ0) is 27.2. The normalized spacial score (nSPS) is 49.8. The zero-order valence-electron chi connectivity index (χ0n) is 22.5. The molecular formula is C30H37NO7. The second-order valence-electron chi connectivity index (χ2n) is 12.4. The van der Waals surface area contributed by atoms with Gasteiger partial charge in [-0.25, -0.2) is 0 Å². The van der Waals surface area contributed by atoms with Gasteiger partial charge in [-0.3, -0.25) is 14.4 Å². The number of fused-ring (bicyclic) bond motifs is 4. The number of amides is 1. The van der Waals surface area contributed by atoms with Crippen LogP contribution in [0.2, 0.25) is 0 Å². The number of ether oxygens (including phenoxy) is 3. The number of benzene rings is 1. The fourth-order valence-corrected chi connectivity index (χ4v) is 8.09. The summed E-state index contributed by atoms with van der Waals surface area (Å²) in [6, 6.07) is 9.80. The van der Waals surface area contributed by atoms with Crippen molar-refractivity contribution in [3.8, 4) is 0 Å². The SMILES string of the molecule is CC(=O)O[C@@H]1/C=C/[C@@](C)(O)C(=O)C(C)C[C@@H]2O[C@@H]2[C@H]2[C@@H]3O[C@]3(C)[C@@H](C)[C@H]3[C@H](Cc4ccccc4)NC(=O)[C@]321. The lowest BCUT2D eigenvalue weighted by Crippen LogP contribution is -2.62. The Morgan fingerprint density at radius 1 is 1.16 bits per heavy atom. The van der Waals surface area contributed by atoms with E-state index in [1.807, 2.05) is 30.3 Å². The summed E-state index contributed by atoms with van der Waals surface area (Å²) < 4.78 is 18.6. The first-order valence-electron chi connectivity index (χ1n) is 13.7. The lowest BCUT2D eigenvalue weighted by atomic mass is 9.50. The Hall–Kier alpha value is -2.55. The summed E-state index contributed by atoms with van der Waals surface area (Å²) >= 11 is 0. The Morgan fingerprint density at radius 2 is 1.87 bits per heavy atom. The maximum absolute atomic E-state index is 14.4. The van der Waals surface area contributed by atoms with Crippen LogP contribution in [-0.2, 0) is 35.0 Å². The van der Waals surface area contributed by atoms with Crippen LogP contribution in [0.5, 0.6) is 0 Å². The van der Waals surface area contributed by atoms with E-state index < -0.39 is 34.6 Å². The average molecular weight is 524 g/mol. The molecule has 0 bridgehead atoms. The minimum atomic E-state index is -1.78. The van der Waals surface area contributed by atoms with Crippen LogP contribution in [0.25, 0.3) is 0 Å². The molecule has 5 aliphatic rings. The van der Waals surface area contributed by atoms with Crippen LogP contribution >= 0.6 is 0 Å². The Kier molecular flexibility index (Phi) is 5.73. The second-order valence-corrected chi connectivity index (χ2v) is 12.4. The zero-order valence-corrected chi connectivity index (χ0v) is 22.5. The molecule has 1 aromatic carbocycles. The molecule has 38 heavy (non-hydrogen) atoms. The molecule has 1 unspecified atom stereocenters. The molecule has 4 fully saturated rings. The summed E-state index contributed by atoms with van der Waals surface area (Å²) in [5.41, 5.74) is -2.30. The van der Waals surface area contributed by atoms with Gasteiger partial charge in [-0.2, -0.15) is 0 Å². The van der Waals surface area contributed by atoms with Crippen molar-refractivity contribution in [2.75, 3.05) is 0 Å². The van der Waals surface area contributed by atoms with Gasteiger partial charge in [-0.1, -0.05) is 44.2 Å². The Morgan fingerprint density at radius 3 is 2.55 bits per heavy atom. The molecule has 8 heteroatoms. The number of ketones is 1. The smallest absolute Gasteiger partial charge is 0.303 e. The van der Waals surface area contributed by atoms with Gasteiger partial charge in [0, 0.05) is 30.7 Å². The molecule has 8 nitrogen and oxygen atoms in total. The molecule has 1 spiro atoms. The summed E-state index contributed by atoms with van der Waals surface area (Å²) in [6.45, 7) is 8.78. The lowest BCUT2D eigenvalue weighted by molar-refractivity contribution is -0.166. The van der Waals surface area contributed by atoms with Crippen molar-refractivity contribution in [2.24, 2.45) is 29.1 Å². The van der Waals surface area contributed by atoms with Crippen LogP contribution in [-0.4, -0.2) is 64.4 Å². The summed E-state index contributed by atoms with van der Waals surface area (Å²) in [5, 5.41) is 14.4. The van der Waals surface area contributed by atoms with Gasteiger partial charge in [0.25, 0.3) is 0 Å². The largest absolute Gasteiger partial charge is 0.457 e. The van der Waals surface area contributed by atoms with Crippen molar-refractivity contribution in [1.82, 2.24) is 5.32 Å². The summed E-state index contributed by atoms with van der Waals surface area (Å²) in [7, 11) is 0. The third kappa shape index (κ3) is 3.63. The molecule has 3 saturated heterocycles. The minimum Gasteiger partial charge on any atom is -0.457 e. The van der Waals surface area contributed by atoms with Crippen molar-refractivity contribution < 1.29 is 33.7 Å². The van der Waals surface area contributed by atoms with Gasteiger partial charge in [0.1, 0.15) is 17.1 Å². The van der Waals surface area contributed by atoms with Gasteiger partial charge in [-0.05, 0) is 50.3 Å². The fraction of sp³-hybridized carbons (Fsp3) is 0.633. The van der Waals surface area contributed by atoms with Gasteiger partial charge in [-0.15, -0.1) is 0 Å². The summed E-state index contributed by atoms with van der Waals surface area (Å²) in [5.74, 6) is -2.17. The average Bonchev–Trinajstić information content (AvgIpc) is 3.74. The minimum absolute atomic E-state index is 0.0359. The molecule has 1 amide bonds. The topological polar surface area (TPSA) is 118 Å². The number of Topliss-reactive ketones (excluding diaryl/α,β-unsaturated/α-hetero) is 1. The standard InChI is InChI=1S/C30H37NO7/c1-15-13-20-24(37-20)23-26-29(5,38-26)16(2)22-19(14-18-9-7-6-8-10-18)31-27(34)30(22,23)21(36-17(3)32)11-12-28(4,35)25(15)33/h6-12,15-16,19-24,26,35H,13-14H2,1-5H3,(H,31,34)/b12-11+/t15?,16-,19-,20-,21+,22-,23-,24-,26-,28+,29+,30+/m0/s1. The van der Waals surface area contributed by atoms with E-state index in [-0.39, 0.29) is 53.8 Å². The van der Waals surface area contributed by atoms with Crippen molar-refractivity contribution in [2.45, 2.75) is 89.1 Å². The lowest BCUT2D eigenvalue weighted by Gasteiger charge is -2.50. The highest BCUT2D eigenvalue weighted by Gasteiger charge is 2.82. The van der Waals surface area contributed by atoms with E-state index in [1.54, 1.807) is 13.0 Å². The molecule has 1 aromatic rings. The van der Waals surface area contributed by atoms with Gasteiger partial charge < -0.3 is 24.6 Å². The van der Waals surface area contributed by atoms with Gasteiger partial charge in [0.05, 0.1) is 23.9 Å². The van der Waals surface area contributed by atoms with Gasteiger partial charge >= 0.3 is 5.97 Å². The molecule has 6 rings (SSSR count). The highest BCUT2D eigenvalue weighted by Crippen LogP contribution is 2.69. The second kappa shape index (κ2) is 8.47. The predicted molar refractivity (Wildman–Crippen MR) is 137 cm³/mol. The van der Waals surface area contributed by atoms with E-state index in [2.05, 4.69) is 19.2 Å². The first-order valence-corrected chi connectivity index (χ1v) is 13.7. The van der Waals surface area contributed by atoms with Crippen LogP contribution in [0, 0.1) is 29.1 Å². The first kappa shape index (κ1) is 25.7. The predicted octanol–water partition coefficient (Wildman–Crippen LogP) is 2.37. The van der Waals surface area contributed by atoms with Crippen LogP contribution in [0.15, 0.2) is 42.5 Å². The molecule has 204 valence electrons. The molecular weight excluding hydrogens is 486 g/mol. The monoisotopic (exact) mass is 523 g/mol.